The summed E-state index contributed by atoms with van der Waals surface area (Å²) in [4.78, 5) is 12.3. The number of methoxy groups -OCH3 is 2. The van der Waals surface area contributed by atoms with Crippen LogP contribution >= 0.6 is 11.8 Å². The fourth-order valence-corrected chi connectivity index (χ4v) is 2.99. The molecule has 0 aliphatic carbocycles. The summed E-state index contributed by atoms with van der Waals surface area (Å²) in [6.07, 6.45) is 0. The first kappa shape index (κ1) is 17.9. The molecule has 0 bridgehead atoms. The van der Waals surface area contributed by atoms with Crippen LogP contribution in [-0.4, -0.2) is 46.0 Å². The summed E-state index contributed by atoms with van der Waals surface area (Å²) in [6.45, 7) is 0. The molecule has 2 aromatic carbocycles. The van der Waals surface area contributed by atoms with Gasteiger partial charge in [-0.25, -0.2) is 4.39 Å². The van der Waals surface area contributed by atoms with E-state index < -0.39 is 5.82 Å². The Morgan fingerprint density at radius 1 is 1.15 bits per heavy atom. The van der Waals surface area contributed by atoms with Crippen molar-refractivity contribution in [2.45, 2.75) is 5.16 Å². The third-order valence-corrected chi connectivity index (χ3v) is 4.48. The van der Waals surface area contributed by atoms with Gasteiger partial charge in [-0.05, 0) is 52.9 Å². The molecular weight excluding hydrogens is 359 g/mol. The van der Waals surface area contributed by atoms with Gasteiger partial charge in [-0.3, -0.25) is 4.79 Å². The van der Waals surface area contributed by atoms with Crippen molar-refractivity contribution < 1.29 is 18.7 Å². The second-order valence-corrected chi connectivity index (χ2v) is 6.07. The van der Waals surface area contributed by atoms with Crippen LogP contribution in [0.25, 0.3) is 5.69 Å². The van der Waals surface area contributed by atoms with Crippen molar-refractivity contribution in [2.24, 2.45) is 0 Å². The summed E-state index contributed by atoms with van der Waals surface area (Å²) in [6, 6.07) is 11.3. The van der Waals surface area contributed by atoms with Crippen LogP contribution in [0, 0.1) is 5.82 Å². The summed E-state index contributed by atoms with van der Waals surface area (Å²) >= 11 is 1.17. The standard InChI is InChI=1S/C17H15FN4O3S/c1-24-13-6-4-12(5-7-13)22-17(19-20-21-22)26-10-15(23)11-3-8-16(25-2)14(18)9-11/h3-9H,10H2,1-2H3. The van der Waals surface area contributed by atoms with E-state index in [-0.39, 0.29) is 22.8 Å². The van der Waals surface area contributed by atoms with Gasteiger partial charge in [-0.1, -0.05) is 11.8 Å². The number of ether oxygens (including phenoxy) is 2. The molecule has 0 amide bonds. The zero-order valence-electron chi connectivity index (χ0n) is 14.0. The Morgan fingerprint density at radius 3 is 2.58 bits per heavy atom. The number of hydrogen-bond acceptors (Lipinski definition) is 7. The zero-order chi connectivity index (χ0) is 18.5. The smallest absolute Gasteiger partial charge is 0.214 e. The van der Waals surface area contributed by atoms with E-state index in [1.807, 2.05) is 0 Å². The molecule has 7 nitrogen and oxygen atoms in total. The normalized spacial score (nSPS) is 10.6. The molecule has 0 unspecified atom stereocenters. The molecule has 1 aromatic heterocycles. The van der Waals surface area contributed by atoms with E-state index in [0.29, 0.717) is 10.9 Å². The van der Waals surface area contributed by atoms with Crippen LogP contribution in [0.15, 0.2) is 47.6 Å². The minimum Gasteiger partial charge on any atom is -0.497 e. The zero-order valence-corrected chi connectivity index (χ0v) is 14.9. The van der Waals surface area contributed by atoms with Crippen LogP contribution < -0.4 is 9.47 Å². The number of tetrazole rings is 1. The first-order valence-corrected chi connectivity index (χ1v) is 8.53. The lowest BCUT2D eigenvalue weighted by molar-refractivity contribution is 0.102. The molecule has 9 heteroatoms. The molecule has 0 fully saturated rings. The fraction of sp³-hybridized carbons (Fsp3) is 0.176. The molecule has 0 aliphatic rings. The number of ketones is 1. The molecule has 3 rings (SSSR count). The lowest BCUT2D eigenvalue weighted by atomic mass is 10.1. The molecule has 0 N–H and O–H groups in total. The average molecular weight is 374 g/mol. The molecule has 1 heterocycles. The molecule has 134 valence electrons. The summed E-state index contributed by atoms with van der Waals surface area (Å²) < 4.78 is 25.2. The predicted molar refractivity (Wildman–Crippen MR) is 93.7 cm³/mol. The van der Waals surface area contributed by atoms with E-state index in [1.54, 1.807) is 31.4 Å². The van der Waals surface area contributed by atoms with Crippen LogP contribution in [0.1, 0.15) is 10.4 Å². The second-order valence-electron chi connectivity index (χ2n) is 5.13. The molecule has 0 spiro atoms. The first-order valence-electron chi connectivity index (χ1n) is 7.54. The van der Waals surface area contributed by atoms with Gasteiger partial charge in [0.15, 0.2) is 17.3 Å². The van der Waals surface area contributed by atoms with Crippen molar-refractivity contribution in [2.75, 3.05) is 20.0 Å². The number of rotatable bonds is 7. The van der Waals surface area contributed by atoms with E-state index in [4.69, 9.17) is 9.47 Å². The highest BCUT2D eigenvalue weighted by Gasteiger charge is 2.14. The number of nitrogens with zero attached hydrogens (tertiary/aromatic N) is 4. The van der Waals surface area contributed by atoms with Crippen molar-refractivity contribution in [3.63, 3.8) is 0 Å². The minimum atomic E-state index is -0.577. The van der Waals surface area contributed by atoms with Gasteiger partial charge in [0, 0.05) is 5.56 Å². The highest BCUT2D eigenvalue weighted by molar-refractivity contribution is 7.99. The highest BCUT2D eigenvalue weighted by atomic mass is 32.2. The van der Waals surface area contributed by atoms with Crippen molar-refractivity contribution in [3.05, 3.63) is 53.8 Å². The van der Waals surface area contributed by atoms with E-state index >= 15 is 0 Å². The Kier molecular flexibility index (Phi) is 5.47. The molecule has 0 aliphatic heterocycles. The van der Waals surface area contributed by atoms with Crippen LogP contribution in [0.4, 0.5) is 4.39 Å². The summed E-state index contributed by atoms with van der Waals surface area (Å²) in [5, 5.41) is 12.0. The monoisotopic (exact) mass is 374 g/mol. The summed E-state index contributed by atoms with van der Waals surface area (Å²) in [5.74, 6) is 0.0695. The van der Waals surface area contributed by atoms with Crippen LogP contribution in [0.2, 0.25) is 0 Å². The van der Waals surface area contributed by atoms with Gasteiger partial charge in [0.1, 0.15) is 5.75 Å². The number of benzene rings is 2. The van der Waals surface area contributed by atoms with Gasteiger partial charge in [-0.2, -0.15) is 4.68 Å². The van der Waals surface area contributed by atoms with Gasteiger partial charge in [-0.15, -0.1) is 5.10 Å². The van der Waals surface area contributed by atoms with Gasteiger partial charge < -0.3 is 9.47 Å². The van der Waals surface area contributed by atoms with Crippen molar-refractivity contribution in [1.29, 1.82) is 0 Å². The largest absolute Gasteiger partial charge is 0.497 e. The van der Waals surface area contributed by atoms with Crippen molar-refractivity contribution >= 4 is 17.5 Å². The van der Waals surface area contributed by atoms with Gasteiger partial charge in [0.05, 0.1) is 25.7 Å². The van der Waals surface area contributed by atoms with Crippen LogP contribution in [-0.2, 0) is 0 Å². The molecular formula is C17H15FN4O3S. The van der Waals surface area contributed by atoms with Gasteiger partial charge >= 0.3 is 0 Å². The molecule has 0 radical (unpaired) electrons. The maximum atomic E-state index is 13.7. The fourth-order valence-electron chi connectivity index (χ4n) is 2.21. The Balaban J connectivity index is 1.71. The van der Waals surface area contributed by atoms with Gasteiger partial charge in [0.2, 0.25) is 5.16 Å². The second kappa shape index (κ2) is 7.96. The Hall–Kier alpha value is -2.94. The molecule has 3 aromatic rings. The van der Waals surface area contributed by atoms with Crippen LogP contribution in [0.5, 0.6) is 11.5 Å². The Bertz CT molecular complexity index is 915. The van der Waals surface area contributed by atoms with Crippen molar-refractivity contribution in [1.82, 2.24) is 20.2 Å². The topological polar surface area (TPSA) is 79.1 Å². The number of hydrogen-bond donors (Lipinski definition) is 0. The van der Waals surface area contributed by atoms with E-state index in [2.05, 4.69) is 15.5 Å². The van der Waals surface area contributed by atoms with E-state index in [1.165, 1.54) is 35.7 Å². The summed E-state index contributed by atoms with van der Waals surface area (Å²) in [7, 11) is 2.95. The number of aromatic nitrogens is 4. The molecule has 0 saturated carbocycles. The number of thioether (sulfide) groups is 1. The number of Topliss-reactive ketones (excluding diaryl/α,β-unsaturated/α-hetero) is 1. The minimum absolute atomic E-state index is 0.0717. The quantitative estimate of drug-likeness (QED) is 0.465. The highest BCUT2D eigenvalue weighted by Crippen LogP contribution is 2.23. The van der Waals surface area contributed by atoms with E-state index in [9.17, 15) is 9.18 Å². The van der Waals surface area contributed by atoms with E-state index in [0.717, 1.165) is 11.8 Å². The van der Waals surface area contributed by atoms with Gasteiger partial charge in [0.25, 0.3) is 0 Å². The third kappa shape index (κ3) is 3.83. The third-order valence-electron chi connectivity index (χ3n) is 3.56. The first-order chi connectivity index (χ1) is 12.6. The lowest BCUT2D eigenvalue weighted by Crippen LogP contribution is -2.05. The lowest BCUT2D eigenvalue weighted by Gasteiger charge is -2.06. The average Bonchev–Trinajstić information content (AvgIpc) is 3.14. The number of halogens is 1. The SMILES string of the molecule is COc1ccc(-n2nnnc2SCC(=O)c2ccc(OC)c(F)c2)cc1. The molecule has 0 saturated heterocycles. The molecule has 0 atom stereocenters. The predicted octanol–water partition coefficient (Wildman–Crippen LogP) is 2.79. The number of carbonyl (C=O) groups is 1. The summed E-state index contributed by atoms with van der Waals surface area (Å²) in [5.41, 5.74) is 1.00. The maximum Gasteiger partial charge on any atom is 0.214 e. The number of carbonyl (C=O) groups excluding carboxylic acids is 1. The maximum absolute atomic E-state index is 13.7. The Labute approximate surface area is 153 Å². The van der Waals surface area contributed by atoms with Crippen molar-refractivity contribution in [3.8, 4) is 17.2 Å². The van der Waals surface area contributed by atoms with Crippen LogP contribution in [0.3, 0.4) is 0 Å². The Morgan fingerprint density at radius 2 is 1.92 bits per heavy atom. The molecule has 26 heavy (non-hydrogen) atoms.